The Kier molecular flexibility index (Phi) is 4.72. The highest BCUT2D eigenvalue weighted by Crippen LogP contribution is 2.32. The van der Waals surface area contributed by atoms with Gasteiger partial charge in [0.25, 0.3) is 0 Å². The molecular weight excluding hydrogens is 315 g/mol. The number of nitrogens with zero attached hydrogens (tertiary/aromatic N) is 1. The second-order valence-corrected chi connectivity index (χ2v) is 6.20. The fraction of sp³-hybridized carbons (Fsp3) is 0.222. The summed E-state index contributed by atoms with van der Waals surface area (Å²) in [6.07, 6.45) is 3.10. The minimum atomic E-state index is 0.224. The van der Waals surface area contributed by atoms with E-state index in [9.17, 15) is 0 Å². The SMILES string of the molecule is CNCCC(c1ccc(Cl)cc1)n1ccc2cccc(Cl)c21. The van der Waals surface area contributed by atoms with Crippen LogP contribution in [0.2, 0.25) is 10.0 Å². The molecule has 0 spiro atoms. The molecule has 0 aliphatic heterocycles. The average Bonchev–Trinajstić information content (AvgIpc) is 2.95. The number of rotatable bonds is 5. The summed E-state index contributed by atoms with van der Waals surface area (Å²) in [6, 6.07) is 16.4. The Morgan fingerprint density at radius 3 is 2.55 bits per heavy atom. The Morgan fingerprint density at radius 2 is 1.82 bits per heavy atom. The molecule has 2 aromatic carbocycles. The molecule has 114 valence electrons. The van der Waals surface area contributed by atoms with Gasteiger partial charge in [-0.15, -0.1) is 0 Å². The third-order valence-electron chi connectivity index (χ3n) is 3.95. The Labute approximate surface area is 140 Å². The average molecular weight is 333 g/mol. The van der Waals surface area contributed by atoms with Gasteiger partial charge in [0, 0.05) is 16.6 Å². The normalized spacial score (nSPS) is 12.7. The zero-order valence-electron chi connectivity index (χ0n) is 12.4. The number of benzene rings is 2. The molecule has 0 aliphatic carbocycles. The van der Waals surface area contributed by atoms with Gasteiger partial charge in [-0.25, -0.2) is 0 Å². The van der Waals surface area contributed by atoms with Crippen LogP contribution in [-0.4, -0.2) is 18.2 Å². The van der Waals surface area contributed by atoms with E-state index in [1.807, 2.05) is 31.3 Å². The maximum Gasteiger partial charge on any atom is 0.0675 e. The first-order chi connectivity index (χ1) is 10.7. The second-order valence-electron chi connectivity index (χ2n) is 5.36. The fourth-order valence-electron chi connectivity index (χ4n) is 2.87. The third-order valence-corrected chi connectivity index (χ3v) is 4.51. The molecule has 1 aromatic heterocycles. The molecule has 0 bridgehead atoms. The molecule has 1 N–H and O–H groups in total. The van der Waals surface area contributed by atoms with E-state index in [0.29, 0.717) is 0 Å². The van der Waals surface area contributed by atoms with Crippen LogP contribution >= 0.6 is 23.2 Å². The summed E-state index contributed by atoms with van der Waals surface area (Å²) in [5.74, 6) is 0. The van der Waals surface area contributed by atoms with Crippen molar-refractivity contribution in [1.29, 1.82) is 0 Å². The van der Waals surface area contributed by atoms with Gasteiger partial charge in [-0.2, -0.15) is 0 Å². The molecule has 0 aliphatic rings. The van der Waals surface area contributed by atoms with Crippen LogP contribution in [0.25, 0.3) is 10.9 Å². The number of hydrogen-bond donors (Lipinski definition) is 1. The molecule has 0 fully saturated rings. The van der Waals surface area contributed by atoms with Gasteiger partial charge in [0.05, 0.1) is 16.6 Å². The van der Waals surface area contributed by atoms with Gasteiger partial charge in [0.1, 0.15) is 0 Å². The highest BCUT2D eigenvalue weighted by atomic mass is 35.5. The van der Waals surface area contributed by atoms with Crippen molar-refractivity contribution in [2.45, 2.75) is 12.5 Å². The molecule has 1 heterocycles. The van der Waals surface area contributed by atoms with Crippen molar-refractivity contribution in [2.75, 3.05) is 13.6 Å². The molecule has 0 amide bonds. The topological polar surface area (TPSA) is 17.0 Å². The lowest BCUT2D eigenvalue weighted by Gasteiger charge is -2.21. The Hall–Kier alpha value is -1.48. The molecule has 1 atom stereocenters. The molecule has 0 saturated heterocycles. The predicted octanol–water partition coefficient (Wildman–Crippen LogP) is 5.15. The molecule has 3 aromatic rings. The van der Waals surface area contributed by atoms with Crippen molar-refractivity contribution in [3.05, 3.63) is 70.3 Å². The minimum absolute atomic E-state index is 0.224. The van der Waals surface area contributed by atoms with Gasteiger partial charge in [0.15, 0.2) is 0 Å². The van der Waals surface area contributed by atoms with Gasteiger partial charge in [0.2, 0.25) is 0 Å². The molecule has 4 heteroatoms. The monoisotopic (exact) mass is 332 g/mol. The van der Waals surface area contributed by atoms with Gasteiger partial charge in [-0.3, -0.25) is 0 Å². The lowest BCUT2D eigenvalue weighted by atomic mass is 10.0. The third kappa shape index (κ3) is 3.00. The summed E-state index contributed by atoms with van der Waals surface area (Å²) in [5.41, 5.74) is 2.32. The van der Waals surface area contributed by atoms with Gasteiger partial charge in [-0.05, 0) is 49.8 Å². The number of hydrogen-bond acceptors (Lipinski definition) is 1. The Balaban J connectivity index is 2.09. The molecular formula is C18H18Cl2N2. The maximum absolute atomic E-state index is 6.44. The van der Waals surface area contributed by atoms with Gasteiger partial charge >= 0.3 is 0 Å². The number of fused-ring (bicyclic) bond motifs is 1. The number of nitrogens with one attached hydrogen (secondary N) is 1. The zero-order valence-corrected chi connectivity index (χ0v) is 13.9. The van der Waals surface area contributed by atoms with E-state index in [2.05, 4.69) is 40.3 Å². The lowest BCUT2D eigenvalue weighted by molar-refractivity contribution is 0.539. The van der Waals surface area contributed by atoms with Crippen LogP contribution in [0.5, 0.6) is 0 Å². The van der Waals surface area contributed by atoms with E-state index in [-0.39, 0.29) is 6.04 Å². The molecule has 1 unspecified atom stereocenters. The zero-order chi connectivity index (χ0) is 15.5. The van der Waals surface area contributed by atoms with Crippen LogP contribution < -0.4 is 5.32 Å². The largest absolute Gasteiger partial charge is 0.339 e. The first kappa shape index (κ1) is 15.4. The van der Waals surface area contributed by atoms with E-state index in [1.165, 1.54) is 5.56 Å². The Morgan fingerprint density at radius 1 is 1.05 bits per heavy atom. The van der Waals surface area contributed by atoms with E-state index in [1.54, 1.807) is 0 Å². The lowest BCUT2D eigenvalue weighted by Crippen LogP contribution is -2.17. The molecule has 22 heavy (non-hydrogen) atoms. The van der Waals surface area contributed by atoms with E-state index >= 15 is 0 Å². The van der Waals surface area contributed by atoms with Crippen molar-refractivity contribution in [2.24, 2.45) is 0 Å². The quantitative estimate of drug-likeness (QED) is 0.683. The van der Waals surface area contributed by atoms with Gasteiger partial charge in [-0.1, -0.05) is 47.5 Å². The predicted molar refractivity (Wildman–Crippen MR) is 95.1 cm³/mol. The van der Waals surface area contributed by atoms with Gasteiger partial charge < -0.3 is 9.88 Å². The minimum Gasteiger partial charge on any atom is -0.339 e. The van der Waals surface area contributed by atoms with Crippen LogP contribution in [0.4, 0.5) is 0 Å². The van der Waals surface area contributed by atoms with Crippen LogP contribution in [0.15, 0.2) is 54.7 Å². The number of aromatic nitrogens is 1. The molecule has 3 rings (SSSR count). The van der Waals surface area contributed by atoms with Crippen molar-refractivity contribution in [1.82, 2.24) is 9.88 Å². The highest BCUT2D eigenvalue weighted by molar-refractivity contribution is 6.35. The van der Waals surface area contributed by atoms with Crippen LogP contribution in [0, 0.1) is 0 Å². The summed E-state index contributed by atoms with van der Waals surface area (Å²) in [5, 5.41) is 5.93. The summed E-state index contributed by atoms with van der Waals surface area (Å²) >= 11 is 12.5. The van der Waals surface area contributed by atoms with E-state index < -0.39 is 0 Å². The molecule has 0 radical (unpaired) electrons. The standard InChI is InChI=1S/C18H18Cl2N2/c1-21-11-9-17(13-5-7-15(19)8-6-13)22-12-10-14-3-2-4-16(20)18(14)22/h2-8,10,12,17,21H,9,11H2,1H3. The van der Waals surface area contributed by atoms with Crippen molar-refractivity contribution in [3.63, 3.8) is 0 Å². The summed E-state index contributed by atoms with van der Waals surface area (Å²) < 4.78 is 2.26. The molecule has 2 nitrogen and oxygen atoms in total. The number of halogens is 2. The van der Waals surface area contributed by atoms with Crippen LogP contribution in [0.1, 0.15) is 18.0 Å². The van der Waals surface area contributed by atoms with E-state index in [0.717, 1.165) is 33.9 Å². The second kappa shape index (κ2) is 6.74. The fourth-order valence-corrected chi connectivity index (χ4v) is 3.27. The van der Waals surface area contributed by atoms with Crippen LogP contribution in [0.3, 0.4) is 0 Å². The first-order valence-electron chi connectivity index (χ1n) is 7.36. The van der Waals surface area contributed by atoms with E-state index in [4.69, 9.17) is 23.2 Å². The summed E-state index contributed by atoms with van der Waals surface area (Å²) in [7, 11) is 1.97. The van der Waals surface area contributed by atoms with Crippen LogP contribution in [-0.2, 0) is 0 Å². The van der Waals surface area contributed by atoms with Crippen molar-refractivity contribution < 1.29 is 0 Å². The smallest absolute Gasteiger partial charge is 0.0675 e. The maximum atomic E-state index is 6.44. The number of para-hydroxylation sites is 1. The first-order valence-corrected chi connectivity index (χ1v) is 8.11. The Bertz CT molecular complexity index is 762. The highest BCUT2D eigenvalue weighted by Gasteiger charge is 2.16. The molecule has 0 saturated carbocycles. The summed E-state index contributed by atoms with van der Waals surface area (Å²) in [6.45, 7) is 0.928. The van der Waals surface area contributed by atoms with Crippen molar-refractivity contribution in [3.8, 4) is 0 Å². The van der Waals surface area contributed by atoms with Crippen molar-refractivity contribution >= 4 is 34.1 Å². The summed E-state index contributed by atoms with van der Waals surface area (Å²) in [4.78, 5) is 0.